The zero-order valence-corrected chi connectivity index (χ0v) is 20.8. The molecular weight excluding hydrogens is 472 g/mol. The van der Waals surface area contributed by atoms with Gasteiger partial charge in [-0.25, -0.2) is 4.98 Å². The van der Waals surface area contributed by atoms with Gasteiger partial charge in [-0.05, 0) is 44.5 Å². The number of aliphatic hydroxyl groups excluding tert-OH is 1. The monoisotopic (exact) mass is 502 g/mol. The standard InChI is InChI=1S/C26H30N8O3/c1-16(2)34-15-28-32-25(34)20-7-4-8-23(31-20)30-19-6-3-5-18-24(19)22(36)13-21(29-18)26(37)27-10-12-33-11-9-17(35)14-33/h3-8,13,15-17,35H,9-12,14H2,1-2H3,(H,27,37)(H,29,36)(H,30,31)/t17-/m1/s1. The van der Waals surface area contributed by atoms with Gasteiger partial charge in [0, 0.05) is 38.3 Å². The number of amides is 1. The number of H-pyrrole nitrogens is 1. The van der Waals surface area contributed by atoms with Crippen molar-refractivity contribution in [1.29, 1.82) is 0 Å². The van der Waals surface area contributed by atoms with Gasteiger partial charge >= 0.3 is 0 Å². The van der Waals surface area contributed by atoms with E-state index in [0.717, 1.165) is 13.0 Å². The summed E-state index contributed by atoms with van der Waals surface area (Å²) in [5.74, 6) is 0.864. The van der Waals surface area contributed by atoms with Crippen LogP contribution in [0.15, 0.2) is 53.6 Å². The molecule has 37 heavy (non-hydrogen) atoms. The Hall–Kier alpha value is -4.09. The first-order valence-corrected chi connectivity index (χ1v) is 12.4. The molecule has 1 aliphatic heterocycles. The number of carbonyl (C=O) groups is 1. The summed E-state index contributed by atoms with van der Waals surface area (Å²) < 4.78 is 1.94. The molecule has 1 aromatic carbocycles. The summed E-state index contributed by atoms with van der Waals surface area (Å²) >= 11 is 0. The topological polar surface area (TPSA) is 141 Å². The van der Waals surface area contributed by atoms with E-state index in [-0.39, 0.29) is 29.2 Å². The Bertz CT molecular complexity index is 1480. The number of aliphatic hydroxyl groups is 1. The first-order chi connectivity index (χ1) is 17.9. The van der Waals surface area contributed by atoms with Crippen LogP contribution in [-0.4, -0.2) is 72.9 Å². The van der Waals surface area contributed by atoms with Crippen LogP contribution in [0, 0.1) is 0 Å². The molecule has 1 atom stereocenters. The second-order valence-electron chi connectivity index (χ2n) is 9.46. The maximum atomic E-state index is 13.1. The number of anilines is 2. The minimum absolute atomic E-state index is 0.180. The predicted octanol–water partition coefficient (Wildman–Crippen LogP) is 2.30. The van der Waals surface area contributed by atoms with Crippen LogP contribution in [0.25, 0.3) is 22.4 Å². The minimum Gasteiger partial charge on any atom is -0.392 e. The summed E-state index contributed by atoms with van der Waals surface area (Å²) in [7, 11) is 0. The van der Waals surface area contributed by atoms with Crippen molar-refractivity contribution in [3.05, 3.63) is 64.7 Å². The second kappa shape index (κ2) is 10.5. The maximum Gasteiger partial charge on any atom is 0.267 e. The fourth-order valence-electron chi connectivity index (χ4n) is 4.54. The zero-order valence-electron chi connectivity index (χ0n) is 20.8. The van der Waals surface area contributed by atoms with Crippen LogP contribution in [-0.2, 0) is 0 Å². The molecule has 0 aliphatic carbocycles. The van der Waals surface area contributed by atoms with Gasteiger partial charge in [0.05, 0.1) is 22.7 Å². The fraction of sp³-hybridized carbons (Fsp3) is 0.346. The van der Waals surface area contributed by atoms with Crippen molar-refractivity contribution in [2.45, 2.75) is 32.4 Å². The van der Waals surface area contributed by atoms with E-state index >= 15 is 0 Å². The lowest BCUT2D eigenvalue weighted by atomic mass is 10.1. The predicted molar refractivity (Wildman–Crippen MR) is 141 cm³/mol. The van der Waals surface area contributed by atoms with Gasteiger partial charge in [-0.2, -0.15) is 0 Å². The Morgan fingerprint density at radius 1 is 1.24 bits per heavy atom. The highest BCUT2D eigenvalue weighted by atomic mass is 16.3. The molecule has 1 amide bonds. The van der Waals surface area contributed by atoms with Crippen LogP contribution < -0.4 is 16.1 Å². The van der Waals surface area contributed by atoms with Gasteiger partial charge < -0.3 is 25.3 Å². The average molecular weight is 503 g/mol. The van der Waals surface area contributed by atoms with Crippen LogP contribution >= 0.6 is 0 Å². The third kappa shape index (κ3) is 5.37. The first-order valence-electron chi connectivity index (χ1n) is 12.4. The normalized spacial score (nSPS) is 15.9. The van der Waals surface area contributed by atoms with E-state index in [0.29, 0.717) is 53.6 Å². The lowest BCUT2D eigenvalue weighted by Crippen LogP contribution is -2.34. The Labute approximate surface area is 213 Å². The molecule has 1 fully saturated rings. The van der Waals surface area contributed by atoms with Crippen molar-refractivity contribution < 1.29 is 9.90 Å². The first kappa shape index (κ1) is 24.6. The van der Waals surface area contributed by atoms with Gasteiger partial charge in [0.2, 0.25) is 0 Å². The maximum absolute atomic E-state index is 13.1. The van der Waals surface area contributed by atoms with Gasteiger partial charge in [0.25, 0.3) is 5.91 Å². The molecule has 4 heterocycles. The second-order valence-corrected chi connectivity index (χ2v) is 9.46. The number of rotatable bonds is 8. The number of fused-ring (bicyclic) bond motifs is 1. The Morgan fingerprint density at radius 2 is 2.08 bits per heavy atom. The van der Waals surface area contributed by atoms with Crippen LogP contribution in [0.4, 0.5) is 11.5 Å². The van der Waals surface area contributed by atoms with Crippen molar-refractivity contribution in [3.63, 3.8) is 0 Å². The summed E-state index contributed by atoms with van der Waals surface area (Å²) in [5, 5.41) is 24.4. The number of carbonyl (C=O) groups excluding carboxylic acids is 1. The molecule has 4 aromatic rings. The van der Waals surface area contributed by atoms with Gasteiger partial charge in [0.15, 0.2) is 11.3 Å². The average Bonchev–Trinajstić information content (AvgIpc) is 3.53. The highest BCUT2D eigenvalue weighted by molar-refractivity contribution is 5.98. The molecule has 192 valence electrons. The van der Waals surface area contributed by atoms with Crippen molar-refractivity contribution in [3.8, 4) is 11.5 Å². The summed E-state index contributed by atoms with van der Waals surface area (Å²) in [5.41, 5.74) is 1.70. The van der Waals surface area contributed by atoms with Crippen molar-refractivity contribution in [2.75, 3.05) is 31.5 Å². The van der Waals surface area contributed by atoms with Crippen LogP contribution in [0.1, 0.15) is 36.8 Å². The van der Waals surface area contributed by atoms with E-state index in [1.165, 1.54) is 6.07 Å². The highest BCUT2D eigenvalue weighted by Crippen LogP contribution is 2.25. The number of likely N-dealkylation sites (tertiary alicyclic amines) is 1. The Kier molecular flexibility index (Phi) is 6.97. The van der Waals surface area contributed by atoms with Crippen molar-refractivity contribution >= 4 is 28.3 Å². The van der Waals surface area contributed by atoms with E-state index in [2.05, 4.69) is 35.7 Å². The number of aromatic amines is 1. The number of aromatic nitrogens is 5. The molecule has 0 unspecified atom stereocenters. The molecule has 5 rings (SSSR count). The Morgan fingerprint density at radius 3 is 2.86 bits per heavy atom. The summed E-state index contributed by atoms with van der Waals surface area (Å²) in [6, 6.07) is 12.4. The number of nitrogens with zero attached hydrogens (tertiary/aromatic N) is 5. The number of pyridine rings is 2. The molecule has 11 heteroatoms. The van der Waals surface area contributed by atoms with Crippen molar-refractivity contribution in [1.82, 2.24) is 34.9 Å². The SMILES string of the molecule is CC(C)n1cnnc1-c1cccc(Nc2cccc3[nH]c(C(=O)NCCN4CC[C@@H](O)C4)cc(=O)c23)n1. The molecule has 1 aliphatic rings. The smallest absolute Gasteiger partial charge is 0.267 e. The van der Waals surface area contributed by atoms with Crippen LogP contribution in [0.2, 0.25) is 0 Å². The summed E-state index contributed by atoms with van der Waals surface area (Å²) in [6.45, 7) is 6.60. The molecule has 0 saturated carbocycles. The van der Waals surface area contributed by atoms with Gasteiger partial charge in [-0.15, -0.1) is 10.2 Å². The Balaban J connectivity index is 1.35. The van der Waals surface area contributed by atoms with E-state index in [1.54, 1.807) is 24.5 Å². The fourth-order valence-corrected chi connectivity index (χ4v) is 4.54. The molecule has 4 N–H and O–H groups in total. The van der Waals surface area contributed by atoms with Gasteiger partial charge in [-0.1, -0.05) is 12.1 Å². The molecule has 0 spiro atoms. The van der Waals surface area contributed by atoms with Gasteiger partial charge in [0.1, 0.15) is 23.5 Å². The molecule has 1 saturated heterocycles. The summed E-state index contributed by atoms with van der Waals surface area (Å²) in [4.78, 5) is 35.6. The van der Waals surface area contributed by atoms with E-state index in [9.17, 15) is 14.7 Å². The third-order valence-electron chi connectivity index (χ3n) is 6.43. The van der Waals surface area contributed by atoms with Crippen molar-refractivity contribution in [2.24, 2.45) is 0 Å². The quantitative estimate of drug-likeness (QED) is 0.288. The number of β-amino-alcohol motifs (C(OH)–C–C–N with tert-alkyl or cyclic N) is 1. The number of nitrogens with one attached hydrogen (secondary N) is 3. The molecular formula is C26H30N8O3. The lowest BCUT2D eigenvalue weighted by molar-refractivity contribution is 0.0944. The lowest BCUT2D eigenvalue weighted by Gasteiger charge is -2.15. The summed E-state index contributed by atoms with van der Waals surface area (Å²) in [6.07, 6.45) is 2.13. The largest absolute Gasteiger partial charge is 0.392 e. The van der Waals surface area contributed by atoms with Crippen LogP contribution in [0.5, 0.6) is 0 Å². The van der Waals surface area contributed by atoms with E-state index < -0.39 is 0 Å². The third-order valence-corrected chi connectivity index (χ3v) is 6.43. The number of hydrogen-bond donors (Lipinski definition) is 4. The number of benzene rings is 1. The highest BCUT2D eigenvalue weighted by Gasteiger charge is 2.20. The molecule has 0 bridgehead atoms. The van der Waals surface area contributed by atoms with E-state index in [4.69, 9.17) is 0 Å². The zero-order chi connectivity index (χ0) is 25.9. The minimum atomic E-state index is -0.347. The molecule has 3 aromatic heterocycles. The number of hydrogen-bond acceptors (Lipinski definition) is 8. The molecule has 0 radical (unpaired) electrons. The van der Waals surface area contributed by atoms with Gasteiger partial charge in [-0.3, -0.25) is 14.5 Å². The van der Waals surface area contributed by atoms with Crippen LogP contribution in [0.3, 0.4) is 0 Å². The van der Waals surface area contributed by atoms with E-state index in [1.807, 2.05) is 36.6 Å². The molecule has 11 nitrogen and oxygen atoms in total.